The van der Waals surface area contributed by atoms with Gasteiger partial charge in [0.2, 0.25) is 5.91 Å². The molecule has 0 saturated carbocycles. The van der Waals surface area contributed by atoms with Gasteiger partial charge < -0.3 is 15.8 Å². The number of nitrogens with two attached hydrogens (primary N) is 1. The van der Waals surface area contributed by atoms with E-state index < -0.39 is 11.7 Å². The number of nitrogens with one attached hydrogen (secondary N) is 1. The molecule has 0 radical (unpaired) electrons. The molecule has 0 aliphatic carbocycles. The highest BCUT2D eigenvalue weighted by atomic mass is 19.4. The van der Waals surface area contributed by atoms with Gasteiger partial charge in [-0.25, -0.2) is 0 Å². The number of methoxy groups -OCH3 is 1. The summed E-state index contributed by atoms with van der Waals surface area (Å²) >= 11 is 0. The van der Waals surface area contributed by atoms with E-state index in [1.165, 1.54) is 7.11 Å². The number of rotatable bonds is 5. The minimum Gasteiger partial charge on any atom is -0.397 e. The van der Waals surface area contributed by atoms with Crippen molar-refractivity contribution in [1.82, 2.24) is 0 Å². The monoisotopic (exact) mass is 290 g/mol. The van der Waals surface area contributed by atoms with Crippen LogP contribution >= 0.6 is 0 Å². The number of ether oxygens (including phenoxy) is 1. The lowest BCUT2D eigenvalue weighted by atomic mass is 10.1. The van der Waals surface area contributed by atoms with E-state index in [0.717, 1.165) is 18.2 Å². The number of nitrogen functional groups attached to an aromatic ring is 1. The fraction of sp³-hybridized carbons (Fsp3) is 0.462. The predicted molar refractivity (Wildman–Crippen MR) is 70.2 cm³/mol. The summed E-state index contributed by atoms with van der Waals surface area (Å²) in [6.07, 6.45) is -3.80. The highest BCUT2D eigenvalue weighted by Gasteiger charge is 2.30. The summed E-state index contributed by atoms with van der Waals surface area (Å²) in [6.45, 7) is 1.82. The molecule has 4 nitrogen and oxygen atoms in total. The van der Waals surface area contributed by atoms with E-state index in [0.29, 0.717) is 6.42 Å². The van der Waals surface area contributed by atoms with Gasteiger partial charge in [-0.15, -0.1) is 0 Å². The van der Waals surface area contributed by atoms with Crippen molar-refractivity contribution < 1.29 is 22.7 Å². The molecule has 1 aromatic carbocycles. The summed E-state index contributed by atoms with van der Waals surface area (Å²) in [7, 11) is 1.54. The van der Waals surface area contributed by atoms with Gasteiger partial charge >= 0.3 is 6.18 Å². The molecule has 0 saturated heterocycles. The van der Waals surface area contributed by atoms with Crippen LogP contribution in [0.3, 0.4) is 0 Å². The number of benzene rings is 1. The van der Waals surface area contributed by atoms with Crippen LogP contribution in [0, 0.1) is 0 Å². The zero-order chi connectivity index (χ0) is 15.3. The second-order valence-corrected chi connectivity index (χ2v) is 4.43. The number of carbonyl (C=O) groups excluding carboxylic acids is 1. The Hall–Kier alpha value is -1.76. The minimum absolute atomic E-state index is 0.0642. The molecule has 0 aromatic heterocycles. The Labute approximate surface area is 115 Å². The summed E-state index contributed by atoms with van der Waals surface area (Å²) in [6, 6.07) is 2.83. The average Bonchev–Trinajstić information content (AvgIpc) is 2.37. The van der Waals surface area contributed by atoms with E-state index in [-0.39, 0.29) is 29.8 Å². The van der Waals surface area contributed by atoms with Crippen LogP contribution in [-0.4, -0.2) is 19.1 Å². The molecule has 0 aliphatic rings. The molecule has 0 spiro atoms. The fourth-order valence-electron chi connectivity index (χ4n) is 1.52. The Morgan fingerprint density at radius 2 is 2.10 bits per heavy atom. The number of alkyl halides is 3. The minimum atomic E-state index is -4.45. The van der Waals surface area contributed by atoms with Gasteiger partial charge in [0.05, 0.1) is 23.0 Å². The van der Waals surface area contributed by atoms with Crippen molar-refractivity contribution in [3.63, 3.8) is 0 Å². The van der Waals surface area contributed by atoms with Crippen molar-refractivity contribution in [2.45, 2.75) is 32.0 Å². The molecule has 1 atom stereocenters. The van der Waals surface area contributed by atoms with Gasteiger partial charge in [0.15, 0.2) is 0 Å². The lowest BCUT2D eigenvalue weighted by Crippen LogP contribution is -2.16. The lowest BCUT2D eigenvalue weighted by molar-refractivity contribution is -0.137. The van der Waals surface area contributed by atoms with E-state index >= 15 is 0 Å². The summed E-state index contributed by atoms with van der Waals surface area (Å²) < 4.78 is 42.4. The number of anilines is 2. The largest absolute Gasteiger partial charge is 0.416 e. The van der Waals surface area contributed by atoms with E-state index in [1.807, 2.05) is 6.92 Å². The molecule has 3 N–H and O–H groups in total. The molecular formula is C13H17F3N2O2. The van der Waals surface area contributed by atoms with Gasteiger partial charge in [0.1, 0.15) is 0 Å². The van der Waals surface area contributed by atoms with Crippen LogP contribution < -0.4 is 11.1 Å². The molecule has 20 heavy (non-hydrogen) atoms. The normalized spacial score (nSPS) is 13.1. The summed E-state index contributed by atoms with van der Waals surface area (Å²) in [5, 5.41) is 2.48. The van der Waals surface area contributed by atoms with Crippen molar-refractivity contribution >= 4 is 17.3 Å². The zero-order valence-corrected chi connectivity index (χ0v) is 11.3. The third-order valence-corrected chi connectivity index (χ3v) is 2.83. The second kappa shape index (κ2) is 6.60. The summed E-state index contributed by atoms with van der Waals surface area (Å²) in [5.41, 5.74) is 4.72. The maximum atomic E-state index is 12.5. The van der Waals surface area contributed by atoms with Gasteiger partial charge in [0, 0.05) is 13.5 Å². The van der Waals surface area contributed by atoms with Crippen LogP contribution in [0.15, 0.2) is 18.2 Å². The van der Waals surface area contributed by atoms with Crippen LogP contribution in [0.5, 0.6) is 0 Å². The number of halogens is 3. The fourth-order valence-corrected chi connectivity index (χ4v) is 1.52. The molecule has 1 rings (SSSR count). The number of hydrogen-bond donors (Lipinski definition) is 2. The molecule has 0 bridgehead atoms. The predicted octanol–water partition coefficient (Wildman–Crippen LogP) is 3.04. The Kier molecular flexibility index (Phi) is 5.38. The van der Waals surface area contributed by atoms with Crippen LogP contribution in [0.2, 0.25) is 0 Å². The van der Waals surface area contributed by atoms with Crippen molar-refractivity contribution in [3.05, 3.63) is 23.8 Å². The quantitative estimate of drug-likeness (QED) is 0.819. The van der Waals surface area contributed by atoms with Gasteiger partial charge in [0.25, 0.3) is 0 Å². The smallest absolute Gasteiger partial charge is 0.397 e. The lowest BCUT2D eigenvalue weighted by Gasteiger charge is -2.13. The second-order valence-electron chi connectivity index (χ2n) is 4.43. The number of amides is 1. The topological polar surface area (TPSA) is 64.3 Å². The molecule has 7 heteroatoms. The SMILES string of the molecule is COC(C)CCC(=O)Nc1ccc(C(F)(F)F)cc1N. The third-order valence-electron chi connectivity index (χ3n) is 2.83. The Morgan fingerprint density at radius 3 is 2.60 bits per heavy atom. The maximum absolute atomic E-state index is 12.5. The first kappa shape index (κ1) is 16.3. The molecule has 112 valence electrons. The molecule has 1 amide bonds. The van der Waals surface area contributed by atoms with Crippen LogP contribution in [0.4, 0.5) is 24.5 Å². The third kappa shape index (κ3) is 4.73. The molecule has 1 unspecified atom stereocenters. The van der Waals surface area contributed by atoms with E-state index in [4.69, 9.17) is 10.5 Å². The van der Waals surface area contributed by atoms with Crippen LogP contribution in [0.1, 0.15) is 25.3 Å². The first-order chi connectivity index (χ1) is 9.24. The van der Waals surface area contributed by atoms with Crippen LogP contribution in [-0.2, 0) is 15.7 Å². The highest BCUT2D eigenvalue weighted by molar-refractivity contribution is 5.93. The summed E-state index contributed by atoms with van der Waals surface area (Å²) in [4.78, 5) is 11.6. The first-order valence-electron chi connectivity index (χ1n) is 6.03. The van der Waals surface area contributed by atoms with Gasteiger partial charge in [-0.1, -0.05) is 0 Å². The molecule has 0 aliphatic heterocycles. The van der Waals surface area contributed by atoms with E-state index in [1.54, 1.807) is 0 Å². The van der Waals surface area contributed by atoms with E-state index in [2.05, 4.69) is 5.32 Å². The average molecular weight is 290 g/mol. The highest BCUT2D eigenvalue weighted by Crippen LogP contribution is 2.32. The zero-order valence-electron chi connectivity index (χ0n) is 11.3. The Morgan fingerprint density at radius 1 is 1.45 bits per heavy atom. The molecule has 0 fully saturated rings. The van der Waals surface area contributed by atoms with Crippen molar-refractivity contribution in [3.8, 4) is 0 Å². The van der Waals surface area contributed by atoms with E-state index in [9.17, 15) is 18.0 Å². The molecule has 1 aromatic rings. The van der Waals surface area contributed by atoms with Crippen LogP contribution in [0.25, 0.3) is 0 Å². The van der Waals surface area contributed by atoms with Gasteiger partial charge in [-0.3, -0.25) is 4.79 Å². The Bertz CT molecular complexity index is 475. The van der Waals surface area contributed by atoms with Crippen molar-refractivity contribution in [1.29, 1.82) is 0 Å². The number of carbonyl (C=O) groups is 1. The summed E-state index contributed by atoms with van der Waals surface area (Å²) in [5.74, 6) is -0.319. The standard InChI is InChI=1S/C13H17F3N2O2/c1-8(20-2)3-6-12(19)18-11-5-4-9(7-10(11)17)13(14,15)16/h4-5,7-8H,3,6,17H2,1-2H3,(H,18,19). The molecular weight excluding hydrogens is 273 g/mol. The molecule has 0 heterocycles. The van der Waals surface area contributed by atoms with Gasteiger partial charge in [-0.2, -0.15) is 13.2 Å². The number of hydrogen-bond acceptors (Lipinski definition) is 3. The van der Waals surface area contributed by atoms with Crippen molar-refractivity contribution in [2.75, 3.05) is 18.2 Å². The first-order valence-corrected chi connectivity index (χ1v) is 6.03. The van der Waals surface area contributed by atoms with Crippen molar-refractivity contribution in [2.24, 2.45) is 0 Å². The Balaban J connectivity index is 2.67. The maximum Gasteiger partial charge on any atom is 0.416 e. The van der Waals surface area contributed by atoms with Gasteiger partial charge in [-0.05, 0) is 31.5 Å².